The van der Waals surface area contributed by atoms with Crippen molar-refractivity contribution in [2.45, 2.75) is 6.92 Å². The van der Waals surface area contributed by atoms with Crippen LogP contribution in [0.4, 0.5) is 0 Å². The Kier molecular flexibility index (Phi) is 4.30. The molecule has 3 rings (SSSR count). The summed E-state index contributed by atoms with van der Waals surface area (Å²) in [5, 5.41) is 6.88. The lowest BCUT2D eigenvalue weighted by Gasteiger charge is -2.06. The predicted octanol–water partition coefficient (Wildman–Crippen LogP) is 4.02. The van der Waals surface area contributed by atoms with Crippen molar-refractivity contribution in [3.63, 3.8) is 0 Å². The minimum atomic E-state index is 0.883. The van der Waals surface area contributed by atoms with Crippen molar-refractivity contribution in [3.05, 3.63) is 76.4 Å². The molecule has 0 spiro atoms. The van der Waals surface area contributed by atoms with E-state index in [1.807, 2.05) is 48.0 Å². The second kappa shape index (κ2) is 6.54. The van der Waals surface area contributed by atoms with Gasteiger partial charge < -0.3 is 0 Å². The van der Waals surface area contributed by atoms with E-state index in [9.17, 15) is 0 Å². The molecule has 2 aromatic carbocycles. The van der Waals surface area contributed by atoms with E-state index < -0.39 is 0 Å². The number of nitrogens with zero attached hydrogens (tertiary/aromatic N) is 3. The highest BCUT2D eigenvalue weighted by molar-refractivity contribution is 7.07. The average molecular weight is 307 g/mol. The highest BCUT2D eigenvalue weighted by Crippen LogP contribution is 2.20. The first-order valence-electron chi connectivity index (χ1n) is 7.09. The summed E-state index contributed by atoms with van der Waals surface area (Å²) in [7, 11) is 1.80. The monoisotopic (exact) mass is 307 g/mol. The van der Waals surface area contributed by atoms with Gasteiger partial charge in [0.15, 0.2) is 0 Å². The maximum atomic E-state index is 4.79. The molecule has 3 nitrogen and oxygen atoms in total. The number of rotatable bonds is 3. The number of thiazole rings is 1. The van der Waals surface area contributed by atoms with Crippen LogP contribution in [0.2, 0.25) is 0 Å². The Morgan fingerprint density at radius 3 is 2.23 bits per heavy atom. The third kappa shape index (κ3) is 2.92. The lowest BCUT2D eigenvalue weighted by Crippen LogP contribution is -2.13. The van der Waals surface area contributed by atoms with Crippen molar-refractivity contribution < 1.29 is 0 Å². The third-order valence-electron chi connectivity index (χ3n) is 3.39. The molecular weight excluding hydrogens is 290 g/mol. The van der Waals surface area contributed by atoms with Crippen LogP contribution in [0, 0.1) is 0 Å². The molecule has 0 fully saturated rings. The molecule has 0 saturated heterocycles. The van der Waals surface area contributed by atoms with Gasteiger partial charge in [0.05, 0.1) is 11.4 Å². The van der Waals surface area contributed by atoms with Crippen LogP contribution in [0.1, 0.15) is 12.5 Å². The molecule has 110 valence electrons. The van der Waals surface area contributed by atoms with Crippen molar-refractivity contribution in [2.75, 3.05) is 7.05 Å². The Balaban J connectivity index is 2.13. The lowest BCUT2D eigenvalue weighted by molar-refractivity contribution is 0.842. The van der Waals surface area contributed by atoms with E-state index in [4.69, 9.17) is 5.10 Å². The summed E-state index contributed by atoms with van der Waals surface area (Å²) in [6, 6.07) is 20.5. The van der Waals surface area contributed by atoms with Gasteiger partial charge in [-0.3, -0.25) is 4.99 Å². The van der Waals surface area contributed by atoms with Crippen molar-refractivity contribution in [3.8, 4) is 11.3 Å². The first-order chi connectivity index (χ1) is 10.8. The highest BCUT2D eigenvalue weighted by atomic mass is 32.1. The summed E-state index contributed by atoms with van der Waals surface area (Å²) in [4.78, 5) is 5.22. The molecule has 0 amide bonds. The fraction of sp³-hybridized carbons (Fsp3) is 0.111. The number of aromatic nitrogens is 1. The van der Waals surface area contributed by atoms with Gasteiger partial charge in [0.25, 0.3) is 0 Å². The Bertz CT molecular complexity index is 843. The summed E-state index contributed by atoms with van der Waals surface area (Å²) in [5.41, 5.74) is 4.27. The largest absolute Gasteiger partial charge is 0.261 e. The molecule has 22 heavy (non-hydrogen) atoms. The third-order valence-corrected chi connectivity index (χ3v) is 4.30. The fourth-order valence-electron chi connectivity index (χ4n) is 2.24. The molecule has 4 heteroatoms. The Morgan fingerprint density at radius 1 is 0.955 bits per heavy atom. The van der Waals surface area contributed by atoms with E-state index in [1.165, 1.54) is 0 Å². The molecule has 0 aliphatic carbocycles. The standard InChI is InChI=1S/C18H17N3S/c1-14(15-9-5-3-6-10-15)20-21-17(13-22-18(21)19-2)16-11-7-4-8-12-16/h3-13H,1-2H3. The zero-order valence-corrected chi connectivity index (χ0v) is 13.4. The number of hydrogen-bond donors (Lipinski definition) is 0. The minimum Gasteiger partial charge on any atom is -0.261 e. The van der Waals surface area contributed by atoms with Crippen LogP contribution in [-0.2, 0) is 0 Å². The first kappa shape index (κ1) is 14.5. The summed E-state index contributed by atoms with van der Waals surface area (Å²) in [5.74, 6) is 0. The van der Waals surface area contributed by atoms with Gasteiger partial charge >= 0.3 is 0 Å². The minimum absolute atomic E-state index is 0.883. The van der Waals surface area contributed by atoms with Crippen LogP contribution in [0.25, 0.3) is 11.3 Å². The molecule has 0 radical (unpaired) electrons. The van der Waals surface area contributed by atoms with Crippen molar-refractivity contribution in [1.82, 2.24) is 4.68 Å². The van der Waals surface area contributed by atoms with E-state index in [1.54, 1.807) is 18.4 Å². The first-order valence-corrected chi connectivity index (χ1v) is 7.97. The molecule has 0 saturated carbocycles. The Morgan fingerprint density at radius 2 is 1.59 bits per heavy atom. The van der Waals surface area contributed by atoms with Crippen LogP contribution in [0.5, 0.6) is 0 Å². The lowest BCUT2D eigenvalue weighted by atomic mass is 10.1. The Hall–Kier alpha value is -2.46. The maximum Gasteiger partial charge on any atom is 0.205 e. The number of benzene rings is 2. The molecule has 0 atom stereocenters. The summed E-state index contributed by atoms with van der Waals surface area (Å²) < 4.78 is 1.92. The van der Waals surface area contributed by atoms with Crippen LogP contribution < -0.4 is 4.80 Å². The molecule has 0 aliphatic heterocycles. The van der Waals surface area contributed by atoms with Gasteiger partial charge in [0.2, 0.25) is 4.80 Å². The summed E-state index contributed by atoms with van der Waals surface area (Å²) >= 11 is 1.60. The van der Waals surface area contributed by atoms with Gasteiger partial charge in [-0.2, -0.15) is 5.10 Å². The second-order valence-corrected chi connectivity index (χ2v) is 5.69. The van der Waals surface area contributed by atoms with Gasteiger partial charge in [-0.25, -0.2) is 4.68 Å². The van der Waals surface area contributed by atoms with Gasteiger partial charge in [0, 0.05) is 18.0 Å². The Labute approximate surface area is 133 Å². The quantitative estimate of drug-likeness (QED) is 0.654. The zero-order chi connectivity index (χ0) is 15.4. The van der Waals surface area contributed by atoms with Crippen molar-refractivity contribution >= 4 is 17.0 Å². The van der Waals surface area contributed by atoms with Crippen LogP contribution in [-0.4, -0.2) is 17.4 Å². The molecular formula is C18H17N3S. The zero-order valence-electron chi connectivity index (χ0n) is 12.6. The van der Waals surface area contributed by atoms with Gasteiger partial charge in [0.1, 0.15) is 0 Å². The molecule has 0 aliphatic rings. The summed E-state index contributed by atoms with van der Waals surface area (Å²) in [6.45, 7) is 2.02. The highest BCUT2D eigenvalue weighted by Gasteiger charge is 2.07. The van der Waals surface area contributed by atoms with Crippen molar-refractivity contribution in [2.24, 2.45) is 10.1 Å². The van der Waals surface area contributed by atoms with E-state index in [2.05, 4.69) is 34.6 Å². The van der Waals surface area contributed by atoms with Gasteiger partial charge in [-0.15, -0.1) is 11.3 Å². The molecule has 0 bridgehead atoms. The average Bonchev–Trinajstić information content (AvgIpc) is 2.99. The van der Waals surface area contributed by atoms with E-state index in [-0.39, 0.29) is 0 Å². The van der Waals surface area contributed by atoms with Gasteiger partial charge in [-0.05, 0) is 12.5 Å². The predicted molar refractivity (Wildman–Crippen MR) is 93.3 cm³/mol. The molecule has 1 aromatic heterocycles. The molecule has 0 N–H and O–H groups in total. The fourth-order valence-corrected chi connectivity index (χ4v) is 3.04. The van der Waals surface area contributed by atoms with Crippen LogP contribution in [0.15, 0.2) is 76.1 Å². The van der Waals surface area contributed by atoms with E-state index >= 15 is 0 Å². The van der Waals surface area contributed by atoms with Crippen LogP contribution in [0.3, 0.4) is 0 Å². The molecule has 0 unspecified atom stereocenters. The molecule has 1 heterocycles. The maximum absolute atomic E-state index is 4.79. The SMILES string of the molecule is CN=c1scc(-c2ccccc2)n1N=C(C)c1ccccc1. The smallest absolute Gasteiger partial charge is 0.205 e. The topological polar surface area (TPSA) is 29.6 Å². The van der Waals surface area contributed by atoms with Crippen molar-refractivity contribution in [1.29, 1.82) is 0 Å². The normalized spacial score (nSPS) is 12.6. The van der Waals surface area contributed by atoms with Gasteiger partial charge in [-0.1, -0.05) is 60.7 Å². The van der Waals surface area contributed by atoms with E-state index in [0.717, 1.165) is 27.3 Å². The number of hydrogen-bond acceptors (Lipinski definition) is 3. The molecule has 3 aromatic rings. The van der Waals surface area contributed by atoms with E-state index in [0.29, 0.717) is 0 Å². The second-order valence-electron chi connectivity index (χ2n) is 4.86. The van der Waals surface area contributed by atoms with Crippen LogP contribution >= 0.6 is 11.3 Å². The summed E-state index contributed by atoms with van der Waals surface area (Å²) in [6.07, 6.45) is 0.